The summed E-state index contributed by atoms with van der Waals surface area (Å²) in [7, 11) is 0. The van der Waals surface area contributed by atoms with Crippen LogP contribution in [0.4, 0.5) is 10.5 Å². The Hall–Kier alpha value is -2.76. The van der Waals surface area contributed by atoms with Crippen molar-refractivity contribution in [1.29, 1.82) is 0 Å². The van der Waals surface area contributed by atoms with Gasteiger partial charge in [0.15, 0.2) is 0 Å². The lowest BCUT2D eigenvalue weighted by Gasteiger charge is -1.99. The predicted octanol–water partition coefficient (Wildman–Crippen LogP) is 6.13. The van der Waals surface area contributed by atoms with Crippen molar-refractivity contribution in [3.05, 3.63) is 82.4 Å². The fourth-order valence-corrected chi connectivity index (χ4v) is 3.32. The summed E-state index contributed by atoms with van der Waals surface area (Å²) in [6, 6.07) is 20.7. The zero-order valence-corrected chi connectivity index (χ0v) is 15.1. The third-order valence-electron chi connectivity index (χ3n) is 3.68. The molecule has 26 heavy (non-hydrogen) atoms. The van der Waals surface area contributed by atoms with Crippen molar-refractivity contribution in [1.82, 2.24) is 5.32 Å². The summed E-state index contributed by atoms with van der Waals surface area (Å²) < 4.78 is 5.88. The van der Waals surface area contributed by atoms with Gasteiger partial charge in [0, 0.05) is 10.6 Å². The number of benzene rings is 2. The molecule has 2 heterocycles. The molecule has 0 unspecified atom stereocenters. The second kappa shape index (κ2) is 7.23. The lowest BCUT2D eigenvalue weighted by atomic mass is 10.2. The van der Waals surface area contributed by atoms with Gasteiger partial charge in [-0.15, -0.1) is 0 Å². The number of hydrogen-bond acceptors (Lipinski definition) is 4. The van der Waals surface area contributed by atoms with E-state index >= 15 is 0 Å². The molecule has 4 rings (SSSR count). The molecule has 4 nitrogen and oxygen atoms in total. The van der Waals surface area contributed by atoms with Crippen LogP contribution in [0.25, 0.3) is 17.4 Å². The van der Waals surface area contributed by atoms with Crippen molar-refractivity contribution in [2.24, 2.45) is 4.99 Å². The summed E-state index contributed by atoms with van der Waals surface area (Å²) in [5, 5.41) is 3.23. The summed E-state index contributed by atoms with van der Waals surface area (Å²) in [6.45, 7) is 0. The number of thioether (sulfide) groups is 1. The minimum Gasteiger partial charge on any atom is -0.457 e. The molecule has 2 aromatic carbocycles. The van der Waals surface area contributed by atoms with Crippen LogP contribution in [0.2, 0.25) is 5.02 Å². The fourth-order valence-electron chi connectivity index (χ4n) is 2.47. The second-order valence-corrected chi connectivity index (χ2v) is 6.98. The number of aliphatic imine (C=N–C) groups is 1. The maximum Gasteiger partial charge on any atom is 0.289 e. The molecule has 0 aliphatic carbocycles. The summed E-state index contributed by atoms with van der Waals surface area (Å²) in [4.78, 5) is 17.0. The van der Waals surface area contributed by atoms with Crippen LogP contribution in [-0.4, -0.2) is 11.1 Å². The number of amidine groups is 1. The Kier molecular flexibility index (Phi) is 4.65. The van der Waals surface area contributed by atoms with Gasteiger partial charge in [0.25, 0.3) is 5.24 Å². The Labute approximate surface area is 159 Å². The largest absolute Gasteiger partial charge is 0.457 e. The molecular weight excluding hydrogens is 368 g/mol. The Morgan fingerprint density at radius 3 is 2.54 bits per heavy atom. The maximum atomic E-state index is 11.8. The van der Waals surface area contributed by atoms with Crippen molar-refractivity contribution in [2.45, 2.75) is 0 Å². The molecule has 0 spiro atoms. The highest BCUT2D eigenvalue weighted by Gasteiger charge is 2.24. The van der Waals surface area contributed by atoms with E-state index in [1.807, 2.05) is 48.5 Å². The van der Waals surface area contributed by atoms with Crippen LogP contribution in [-0.2, 0) is 0 Å². The maximum absolute atomic E-state index is 11.8. The van der Waals surface area contributed by atoms with Gasteiger partial charge >= 0.3 is 0 Å². The lowest BCUT2D eigenvalue weighted by Crippen LogP contribution is -2.18. The fraction of sp³-hybridized carbons (Fsp3) is 0. The normalized spacial score (nSPS) is 17.0. The third-order valence-corrected chi connectivity index (χ3v) is 4.75. The van der Waals surface area contributed by atoms with Crippen LogP contribution in [0.1, 0.15) is 5.76 Å². The minimum absolute atomic E-state index is 0.168. The van der Waals surface area contributed by atoms with Crippen LogP contribution >= 0.6 is 23.4 Å². The van der Waals surface area contributed by atoms with Crippen LogP contribution in [0, 0.1) is 0 Å². The van der Waals surface area contributed by atoms with E-state index < -0.39 is 0 Å². The lowest BCUT2D eigenvalue weighted by molar-refractivity contribution is 0.265. The summed E-state index contributed by atoms with van der Waals surface area (Å²) in [5.74, 6) is 1.93. The monoisotopic (exact) mass is 380 g/mol. The molecule has 1 fully saturated rings. The van der Waals surface area contributed by atoms with E-state index in [1.165, 1.54) is 0 Å². The zero-order valence-electron chi connectivity index (χ0n) is 13.5. The number of hydrogen-bond donors (Lipinski definition) is 1. The highest BCUT2D eigenvalue weighted by Crippen LogP contribution is 2.30. The highest BCUT2D eigenvalue weighted by atomic mass is 35.5. The quantitative estimate of drug-likeness (QED) is 0.594. The number of nitrogens with one attached hydrogen (secondary N) is 1. The van der Waals surface area contributed by atoms with E-state index in [1.54, 1.807) is 24.3 Å². The molecule has 1 N–H and O–H groups in total. The van der Waals surface area contributed by atoms with Gasteiger partial charge < -0.3 is 9.73 Å². The molecule has 6 heteroatoms. The first-order valence-electron chi connectivity index (χ1n) is 7.88. The highest BCUT2D eigenvalue weighted by molar-refractivity contribution is 8.18. The van der Waals surface area contributed by atoms with Crippen LogP contribution < -0.4 is 5.32 Å². The summed E-state index contributed by atoms with van der Waals surface area (Å²) >= 11 is 6.98. The molecule has 1 saturated heterocycles. The molecule has 3 aromatic rings. The first-order chi connectivity index (χ1) is 12.7. The van der Waals surface area contributed by atoms with Gasteiger partial charge in [-0.1, -0.05) is 41.9 Å². The molecule has 0 saturated carbocycles. The van der Waals surface area contributed by atoms with E-state index in [0.29, 0.717) is 27.2 Å². The van der Waals surface area contributed by atoms with Gasteiger partial charge in [0.1, 0.15) is 17.4 Å². The number of furan rings is 1. The molecule has 1 amide bonds. The topological polar surface area (TPSA) is 54.6 Å². The van der Waals surface area contributed by atoms with Crippen molar-refractivity contribution in [2.75, 3.05) is 0 Å². The Bertz CT molecular complexity index is 1010. The Morgan fingerprint density at radius 2 is 1.77 bits per heavy atom. The second-order valence-electron chi connectivity index (χ2n) is 5.53. The van der Waals surface area contributed by atoms with Crippen molar-refractivity contribution >= 4 is 46.2 Å². The Morgan fingerprint density at radius 1 is 1.00 bits per heavy atom. The SMILES string of the molecule is O=C1NC(=Nc2ccc(Cl)cc2)C(=Cc2ccc(-c3ccccc3)o2)S1. The number of nitrogens with zero attached hydrogens (tertiary/aromatic N) is 1. The Balaban J connectivity index is 1.64. The number of halogens is 1. The average molecular weight is 381 g/mol. The number of carbonyl (C=O) groups is 1. The number of amides is 1. The first-order valence-corrected chi connectivity index (χ1v) is 9.07. The van der Waals surface area contributed by atoms with Gasteiger partial charge in [0.05, 0.1) is 10.6 Å². The molecule has 0 bridgehead atoms. The number of rotatable bonds is 3. The molecule has 0 atom stereocenters. The molecule has 128 valence electrons. The summed E-state index contributed by atoms with van der Waals surface area (Å²) in [6.07, 6.45) is 1.81. The standard InChI is InChI=1S/C20H13ClN2O2S/c21-14-6-8-15(9-7-14)22-19-18(26-20(24)23-19)12-16-10-11-17(25-16)13-4-2-1-3-5-13/h1-12H,(H,22,23,24). The minimum atomic E-state index is -0.168. The van der Waals surface area contributed by atoms with Gasteiger partial charge in [0.2, 0.25) is 0 Å². The summed E-state index contributed by atoms with van der Waals surface area (Å²) in [5.41, 5.74) is 1.71. The third kappa shape index (κ3) is 3.74. The van der Waals surface area contributed by atoms with E-state index in [2.05, 4.69) is 10.3 Å². The zero-order chi connectivity index (χ0) is 17.9. The van der Waals surface area contributed by atoms with Gasteiger partial charge in [-0.2, -0.15) is 0 Å². The molecule has 0 radical (unpaired) electrons. The van der Waals surface area contributed by atoms with E-state index in [0.717, 1.165) is 23.1 Å². The van der Waals surface area contributed by atoms with Gasteiger partial charge in [-0.25, -0.2) is 4.99 Å². The smallest absolute Gasteiger partial charge is 0.289 e. The average Bonchev–Trinajstić information content (AvgIpc) is 3.25. The van der Waals surface area contributed by atoms with Gasteiger partial charge in [-0.05, 0) is 54.2 Å². The first kappa shape index (κ1) is 16.7. The molecular formula is C20H13ClN2O2S. The molecule has 1 aliphatic heterocycles. The van der Waals surface area contributed by atoms with Crippen LogP contribution in [0.3, 0.4) is 0 Å². The van der Waals surface area contributed by atoms with E-state index in [9.17, 15) is 4.79 Å². The van der Waals surface area contributed by atoms with Crippen molar-refractivity contribution in [3.63, 3.8) is 0 Å². The van der Waals surface area contributed by atoms with E-state index in [-0.39, 0.29) is 5.24 Å². The predicted molar refractivity (Wildman–Crippen MR) is 107 cm³/mol. The van der Waals surface area contributed by atoms with Crippen molar-refractivity contribution < 1.29 is 9.21 Å². The van der Waals surface area contributed by atoms with E-state index in [4.69, 9.17) is 16.0 Å². The van der Waals surface area contributed by atoms with Crippen LogP contribution in [0.15, 0.2) is 81.0 Å². The van der Waals surface area contributed by atoms with Gasteiger partial charge in [-0.3, -0.25) is 4.79 Å². The molecule has 1 aromatic heterocycles. The molecule has 1 aliphatic rings. The van der Waals surface area contributed by atoms with Crippen LogP contribution in [0.5, 0.6) is 0 Å². The number of carbonyl (C=O) groups excluding carboxylic acids is 1. The van der Waals surface area contributed by atoms with Crippen molar-refractivity contribution in [3.8, 4) is 11.3 Å².